The fourth-order valence-corrected chi connectivity index (χ4v) is 4.94. The smallest absolute Gasteiger partial charge is 0.220 e. The maximum atomic E-state index is 12.4. The zero-order valence-electron chi connectivity index (χ0n) is 24.3. The Morgan fingerprint density at radius 1 is 0.707 bits per heavy atom. The summed E-state index contributed by atoms with van der Waals surface area (Å²) >= 11 is 6.16. The van der Waals surface area contributed by atoms with Gasteiger partial charge in [0.15, 0.2) is 11.5 Å². The molecule has 0 aromatic heterocycles. The molecule has 0 atom stereocenters. The van der Waals surface area contributed by atoms with E-state index in [1.54, 1.807) is 21.3 Å². The lowest BCUT2D eigenvalue weighted by molar-refractivity contribution is -0.123. The number of carbonyl (C=O) groups excluding carboxylic acids is 2. The van der Waals surface area contributed by atoms with Gasteiger partial charge in [0, 0.05) is 36.5 Å². The van der Waals surface area contributed by atoms with E-state index in [9.17, 15) is 9.59 Å². The molecule has 220 valence electrons. The molecule has 7 nitrogen and oxygen atoms in total. The average molecular weight is 581 g/mol. The number of methoxy groups -OCH3 is 3. The highest BCUT2D eigenvalue weighted by Crippen LogP contribution is 2.34. The number of halogens is 1. The molecule has 3 aromatic carbocycles. The van der Waals surface area contributed by atoms with Gasteiger partial charge in [0.2, 0.25) is 11.8 Å². The molecule has 0 aliphatic heterocycles. The molecule has 41 heavy (non-hydrogen) atoms. The van der Waals surface area contributed by atoms with E-state index in [-0.39, 0.29) is 11.8 Å². The van der Waals surface area contributed by atoms with Crippen molar-refractivity contribution >= 4 is 23.4 Å². The van der Waals surface area contributed by atoms with Crippen molar-refractivity contribution in [3.8, 4) is 17.2 Å². The van der Waals surface area contributed by atoms with Crippen LogP contribution < -0.4 is 24.8 Å². The summed E-state index contributed by atoms with van der Waals surface area (Å²) in [6.07, 6.45) is 5.15. The van der Waals surface area contributed by atoms with Crippen LogP contribution in [0.3, 0.4) is 0 Å². The van der Waals surface area contributed by atoms with Crippen LogP contribution >= 0.6 is 11.6 Å². The second-order valence-corrected chi connectivity index (χ2v) is 10.3. The predicted molar refractivity (Wildman–Crippen MR) is 163 cm³/mol. The summed E-state index contributed by atoms with van der Waals surface area (Å²) in [5.74, 6) is 2.23. The Balaban J connectivity index is 1.38. The number of unbranched alkanes of at least 4 members (excludes halogenated alkanes) is 1. The molecule has 2 amide bonds. The average Bonchev–Trinajstić information content (AvgIpc) is 2.98. The summed E-state index contributed by atoms with van der Waals surface area (Å²) in [5, 5.41) is 6.68. The fraction of sp³-hybridized carbons (Fsp3) is 0.394. The zero-order valence-corrected chi connectivity index (χ0v) is 25.0. The van der Waals surface area contributed by atoms with E-state index in [0.717, 1.165) is 53.0 Å². The van der Waals surface area contributed by atoms with Gasteiger partial charge in [-0.2, -0.15) is 0 Å². The van der Waals surface area contributed by atoms with E-state index in [2.05, 4.69) is 16.7 Å². The predicted octanol–water partition coefficient (Wildman–Crippen LogP) is 5.73. The van der Waals surface area contributed by atoms with E-state index in [1.165, 1.54) is 0 Å². The summed E-state index contributed by atoms with van der Waals surface area (Å²) < 4.78 is 16.4. The van der Waals surface area contributed by atoms with Crippen molar-refractivity contribution in [3.63, 3.8) is 0 Å². The zero-order chi connectivity index (χ0) is 29.5. The lowest BCUT2D eigenvalue weighted by Crippen LogP contribution is -2.26. The molecule has 0 saturated carbocycles. The molecule has 0 unspecified atom stereocenters. The molecular weight excluding hydrogens is 540 g/mol. The first kappa shape index (κ1) is 31.8. The number of rotatable bonds is 17. The number of benzene rings is 3. The Bertz CT molecular complexity index is 1260. The molecule has 8 heteroatoms. The van der Waals surface area contributed by atoms with Crippen LogP contribution in [0, 0.1) is 0 Å². The maximum absolute atomic E-state index is 12.4. The van der Waals surface area contributed by atoms with Gasteiger partial charge >= 0.3 is 0 Å². The quantitative estimate of drug-likeness (QED) is 0.199. The van der Waals surface area contributed by atoms with Crippen LogP contribution in [0.5, 0.6) is 17.2 Å². The standard InChI is InChI=1S/C33H41ClN2O5/c1-39-28-15-11-24(12-16-28)19-21-35-31(37)9-4-5-10-32(38)36-22-20-26-14-18-30(40-2)33(41-3)29(26)17-13-25-7-6-8-27(34)23-25/h6-8,11-12,14-16,18,23H,4-5,9-10,13,17,19-22H2,1-3H3,(H,35,37)(H,36,38). The van der Waals surface area contributed by atoms with Crippen molar-refractivity contribution in [2.45, 2.75) is 51.4 Å². The van der Waals surface area contributed by atoms with Gasteiger partial charge < -0.3 is 24.8 Å². The van der Waals surface area contributed by atoms with Gasteiger partial charge in [0.1, 0.15) is 5.75 Å². The summed E-state index contributed by atoms with van der Waals surface area (Å²) in [7, 11) is 4.91. The third-order valence-electron chi connectivity index (χ3n) is 6.97. The molecule has 3 rings (SSSR count). The largest absolute Gasteiger partial charge is 0.497 e. The van der Waals surface area contributed by atoms with E-state index >= 15 is 0 Å². The molecular formula is C33H41ClN2O5. The first-order valence-corrected chi connectivity index (χ1v) is 14.4. The molecule has 0 bridgehead atoms. The van der Waals surface area contributed by atoms with Crippen molar-refractivity contribution in [2.24, 2.45) is 0 Å². The van der Waals surface area contributed by atoms with E-state index in [1.807, 2.05) is 54.6 Å². The van der Waals surface area contributed by atoms with E-state index in [4.69, 9.17) is 25.8 Å². The van der Waals surface area contributed by atoms with Gasteiger partial charge in [0.25, 0.3) is 0 Å². The molecule has 2 N–H and O–H groups in total. The van der Waals surface area contributed by atoms with Crippen LogP contribution in [0.25, 0.3) is 0 Å². The minimum Gasteiger partial charge on any atom is -0.497 e. The third kappa shape index (κ3) is 10.7. The van der Waals surface area contributed by atoms with Crippen LogP contribution in [0.2, 0.25) is 5.02 Å². The topological polar surface area (TPSA) is 85.9 Å². The second-order valence-electron chi connectivity index (χ2n) is 9.82. The van der Waals surface area contributed by atoms with Gasteiger partial charge in [0.05, 0.1) is 21.3 Å². The van der Waals surface area contributed by atoms with Crippen LogP contribution in [-0.2, 0) is 35.3 Å². The molecule has 0 spiro atoms. The van der Waals surface area contributed by atoms with Gasteiger partial charge in [-0.1, -0.05) is 41.9 Å². The number of ether oxygens (including phenoxy) is 3. The molecule has 0 fully saturated rings. The molecule has 3 aromatic rings. The minimum atomic E-state index is -0.00846. The van der Waals surface area contributed by atoms with Crippen molar-refractivity contribution in [3.05, 3.63) is 87.9 Å². The van der Waals surface area contributed by atoms with Gasteiger partial charge in [-0.3, -0.25) is 9.59 Å². The van der Waals surface area contributed by atoms with Crippen molar-refractivity contribution in [1.29, 1.82) is 0 Å². The molecule has 0 saturated heterocycles. The number of hydrogen-bond donors (Lipinski definition) is 2. The van der Waals surface area contributed by atoms with E-state index in [0.29, 0.717) is 56.0 Å². The van der Waals surface area contributed by atoms with Crippen LogP contribution in [0.1, 0.15) is 47.9 Å². The third-order valence-corrected chi connectivity index (χ3v) is 7.20. The highest BCUT2D eigenvalue weighted by molar-refractivity contribution is 6.30. The lowest BCUT2D eigenvalue weighted by atomic mass is 9.96. The Kier molecular flexibility index (Phi) is 13.3. The highest BCUT2D eigenvalue weighted by Gasteiger charge is 2.15. The Hall–Kier alpha value is -3.71. The normalized spacial score (nSPS) is 10.6. The highest BCUT2D eigenvalue weighted by atomic mass is 35.5. The van der Waals surface area contributed by atoms with Crippen LogP contribution in [-0.4, -0.2) is 46.2 Å². The molecule has 0 heterocycles. The lowest BCUT2D eigenvalue weighted by Gasteiger charge is -2.17. The Morgan fingerprint density at radius 3 is 2.00 bits per heavy atom. The number of amides is 2. The van der Waals surface area contributed by atoms with Gasteiger partial charge in [-0.25, -0.2) is 0 Å². The maximum Gasteiger partial charge on any atom is 0.220 e. The fourth-order valence-electron chi connectivity index (χ4n) is 4.72. The first-order valence-electron chi connectivity index (χ1n) is 14.1. The van der Waals surface area contributed by atoms with Crippen molar-refractivity contribution in [1.82, 2.24) is 10.6 Å². The van der Waals surface area contributed by atoms with Gasteiger partial charge in [-0.15, -0.1) is 0 Å². The summed E-state index contributed by atoms with van der Waals surface area (Å²) in [5.41, 5.74) is 4.46. The number of aryl methyl sites for hydroxylation is 1. The summed E-state index contributed by atoms with van der Waals surface area (Å²) in [6, 6.07) is 19.6. The van der Waals surface area contributed by atoms with E-state index < -0.39 is 0 Å². The Labute approximate surface area is 248 Å². The first-order chi connectivity index (χ1) is 19.9. The second kappa shape index (κ2) is 17.2. The Morgan fingerprint density at radius 2 is 1.39 bits per heavy atom. The number of carbonyl (C=O) groups is 2. The number of nitrogens with one attached hydrogen (secondary N) is 2. The van der Waals surface area contributed by atoms with Crippen LogP contribution in [0.15, 0.2) is 60.7 Å². The molecule has 0 radical (unpaired) electrons. The summed E-state index contributed by atoms with van der Waals surface area (Å²) in [6.45, 7) is 1.10. The monoisotopic (exact) mass is 580 g/mol. The van der Waals surface area contributed by atoms with Crippen molar-refractivity contribution < 1.29 is 23.8 Å². The molecule has 0 aliphatic rings. The summed E-state index contributed by atoms with van der Waals surface area (Å²) in [4.78, 5) is 24.6. The SMILES string of the molecule is COc1ccc(CCNC(=O)CCCCC(=O)NCCc2ccc(OC)c(OC)c2CCc2cccc(Cl)c2)cc1. The minimum absolute atomic E-state index is 0.00846. The molecule has 0 aliphatic carbocycles. The van der Waals surface area contributed by atoms with Gasteiger partial charge in [-0.05, 0) is 85.5 Å². The van der Waals surface area contributed by atoms with Crippen molar-refractivity contribution in [2.75, 3.05) is 34.4 Å². The van der Waals surface area contributed by atoms with Crippen LogP contribution in [0.4, 0.5) is 0 Å². The number of hydrogen-bond acceptors (Lipinski definition) is 5.